The first kappa shape index (κ1) is 20.5. The predicted molar refractivity (Wildman–Crippen MR) is 107 cm³/mol. The average molecular weight is 370 g/mol. The van der Waals surface area contributed by atoms with E-state index in [1.165, 1.54) is 0 Å². The number of hydrogen-bond acceptors (Lipinski definition) is 5. The van der Waals surface area contributed by atoms with Crippen LogP contribution in [0.5, 0.6) is 0 Å². The summed E-state index contributed by atoms with van der Waals surface area (Å²) in [6.07, 6.45) is 0. The maximum atomic E-state index is 5.01. The Bertz CT molecular complexity index is 469. The van der Waals surface area contributed by atoms with Crippen LogP contribution in [0, 0.1) is 0 Å². The fourth-order valence-corrected chi connectivity index (χ4v) is 2.07. The number of aromatic nitrogens is 1. The fraction of sp³-hybridized carbons (Fsp3) is 0.533. The van der Waals surface area contributed by atoms with E-state index in [4.69, 9.17) is 24.4 Å². The predicted octanol–water partition coefficient (Wildman–Crippen LogP) is -0.551. The van der Waals surface area contributed by atoms with E-state index in [2.05, 4.69) is 36.9 Å². The van der Waals surface area contributed by atoms with Crippen LogP contribution in [0.1, 0.15) is 11.4 Å². The Balaban J connectivity index is 2.18. The highest BCUT2D eigenvalue weighted by Gasteiger charge is 1.99. The van der Waals surface area contributed by atoms with Gasteiger partial charge in [-0.1, -0.05) is 6.07 Å². The van der Waals surface area contributed by atoms with Crippen molar-refractivity contribution < 1.29 is 0 Å². The summed E-state index contributed by atoms with van der Waals surface area (Å²) in [5.41, 5.74) is 2.06. The van der Waals surface area contributed by atoms with Gasteiger partial charge in [0.1, 0.15) is 0 Å². The van der Waals surface area contributed by atoms with E-state index < -0.39 is 0 Å². The fourth-order valence-electron chi connectivity index (χ4n) is 1.86. The van der Waals surface area contributed by atoms with Crippen molar-refractivity contribution in [3.63, 3.8) is 0 Å². The van der Waals surface area contributed by atoms with E-state index in [1.807, 2.05) is 18.2 Å². The molecule has 0 spiro atoms. The molecule has 0 radical (unpaired) electrons. The maximum Gasteiger partial charge on any atom is 0.166 e. The lowest BCUT2D eigenvalue weighted by atomic mass is 10.3. The molecule has 6 N–H and O–H groups in total. The molecule has 0 atom stereocenters. The standard InChI is InChI=1S/C15H27N7S2/c1-16-14(23)20-8-6-18-10-12-4-3-5-13(22-12)11-19-7-9-21-15(24)17-2/h3-5,18-19H,6-11H2,1-2H3,(H2,16,20,23)(H2,17,21,24). The highest BCUT2D eigenvalue weighted by Crippen LogP contribution is 1.99. The molecule has 0 aliphatic rings. The number of rotatable bonds is 10. The van der Waals surface area contributed by atoms with E-state index in [-0.39, 0.29) is 0 Å². The molecule has 0 saturated heterocycles. The Kier molecular flexibility index (Phi) is 10.9. The summed E-state index contributed by atoms with van der Waals surface area (Å²) in [7, 11) is 3.61. The maximum absolute atomic E-state index is 5.01. The first-order valence-electron chi connectivity index (χ1n) is 7.93. The van der Waals surface area contributed by atoms with Crippen molar-refractivity contribution in [3.8, 4) is 0 Å². The lowest BCUT2D eigenvalue weighted by molar-refractivity contribution is 0.641. The summed E-state index contributed by atoms with van der Waals surface area (Å²) in [6, 6.07) is 6.08. The van der Waals surface area contributed by atoms with Gasteiger partial charge in [-0.25, -0.2) is 0 Å². The number of thiocarbonyl (C=S) groups is 2. The SMILES string of the molecule is CNC(=S)NCCNCc1cccc(CNCCNC(=S)NC)n1. The summed E-state index contributed by atoms with van der Waals surface area (Å²) < 4.78 is 0. The number of hydrogen-bond donors (Lipinski definition) is 6. The van der Waals surface area contributed by atoms with E-state index in [0.717, 1.165) is 50.7 Å². The minimum atomic E-state index is 0.660. The van der Waals surface area contributed by atoms with E-state index in [1.54, 1.807) is 14.1 Å². The number of nitrogens with zero attached hydrogens (tertiary/aromatic N) is 1. The molecule has 0 bridgehead atoms. The minimum Gasteiger partial charge on any atom is -0.366 e. The summed E-state index contributed by atoms with van der Waals surface area (Å²) in [4.78, 5) is 4.63. The zero-order valence-corrected chi connectivity index (χ0v) is 15.9. The van der Waals surface area contributed by atoms with Gasteiger partial charge in [0.25, 0.3) is 0 Å². The van der Waals surface area contributed by atoms with Gasteiger partial charge in [0.15, 0.2) is 10.2 Å². The van der Waals surface area contributed by atoms with Crippen LogP contribution in [0.4, 0.5) is 0 Å². The largest absolute Gasteiger partial charge is 0.366 e. The molecule has 0 aromatic carbocycles. The molecule has 1 aromatic rings. The molecular formula is C15H27N7S2. The summed E-state index contributed by atoms with van der Waals surface area (Å²) in [6.45, 7) is 4.68. The molecule has 0 fully saturated rings. The zero-order chi connectivity index (χ0) is 17.6. The lowest BCUT2D eigenvalue weighted by Gasteiger charge is -2.10. The van der Waals surface area contributed by atoms with E-state index in [9.17, 15) is 0 Å². The average Bonchev–Trinajstić information content (AvgIpc) is 2.61. The third-order valence-corrected chi connectivity index (χ3v) is 3.80. The Morgan fingerprint density at radius 3 is 1.71 bits per heavy atom. The van der Waals surface area contributed by atoms with Gasteiger partial charge in [-0.05, 0) is 36.6 Å². The van der Waals surface area contributed by atoms with Gasteiger partial charge in [0.2, 0.25) is 0 Å². The van der Waals surface area contributed by atoms with Gasteiger partial charge in [0, 0.05) is 53.4 Å². The van der Waals surface area contributed by atoms with Gasteiger partial charge < -0.3 is 31.9 Å². The van der Waals surface area contributed by atoms with Crippen LogP contribution in [0.2, 0.25) is 0 Å². The van der Waals surface area contributed by atoms with Crippen molar-refractivity contribution in [3.05, 3.63) is 29.6 Å². The zero-order valence-electron chi connectivity index (χ0n) is 14.2. The van der Waals surface area contributed by atoms with Gasteiger partial charge in [-0.3, -0.25) is 4.98 Å². The topological polar surface area (TPSA) is 85.1 Å². The van der Waals surface area contributed by atoms with E-state index in [0.29, 0.717) is 10.2 Å². The second-order valence-corrected chi connectivity index (χ2v) is 5.80. The third-order valence-electron chi connectivity index (χ3n) is 3.11. The third kappa shape index (κ3) is 9.56. The molecule has 1 rings (SSSR count). The molecule has 7 nitrogen and oxygen atoms in total. The van der Waals surface area contributed by atoms with Gasteiger partial charge in [0.05, 0.1) is 11.4 Å². The van der Waals surface area contributed by atoms with Crippen molar-refractivity contribution >= 4 is 34.7 Å². The quantitative estimate of drug-likeness (QED) is 0.240. The highest BCUT2D eigenvalue weighted by molar-refractivity contribution is 7.80. The van der Waals surface area contributed by atoms with Crippen LogP contribution in [0.25, 0.3) is 0 Å². The second-order valence-electron chi connectivity index (χ2n) is 4.99. The molecule has 0 unspecified atom stereocenters. The first-order valence-corrected chi connectivity index (χ1v) is 8.74. The smallest absolute Gasteiger partial charge is 0.166 e. The molecule has 9 heteroatoms. The van der Waals surface area contributed by atoms with Gasteiger partial charge in [-0.15, -0.1) is 0 Å². The first-order chi connectivity index (χ1) is 11.7. The Morgan fingerprint density at radius 2 is 1.29 bits per heavy atom. The van der Waals surface area contributed by atoms with Crippen molar-refractivity contribution in [2.75, 3.05) is 40.3 Å². The van der Waals surface area contributed by atoms with Gasteiger partial charge >= 0.3 is 0 Å². The number of pyridine rings is 1. The van der Waals surface area contributed by atoms with Crippen molar-refractivity contribution in [2.45, 2.75) is 13.1 Å². The summed E-state index contributed by atoms with van der Waals surface area (Å²) in [5, 5.41) is 19.9. The van der Waals surface area contributed by atoms with Crippen molar-refractivity contribution in [1.82, 2.24) is 36.9 Å². The molecule has 0 saturated carbocycles. The molecule has 0 amide bonds. The molecule has 1 aromatic heterocycles. The molecule has 0 aliphatic carbocycles. The van der Waals surface area contributed by atoms with Crippen molar-refractivity contribution in [2.24, 2.45) is 0 Å². The number of nitrogens with one attached hydrogen (secondary N) is 6. The van der Waals surface area contributed by atoms with Crippen LogP contribution < -0.4 is 31.9 Å². The van der Waals surface area contributed by atoms with Crippen LogP contribution >= 0.6 is 24.4 Å². The van der Waals surface area contributed by atoms with Gasteiger partial charge in [-0.2, -0.15) is 0 Å². The van der Waals surface area contributed by atoms with Crippen LogP contribution in [-0.2, 0) is 13.1 Å². The van der Waals surface area contributed by atoms with Crippen LogP contribution in [0.3, 0.4) is 0 Å². The second kappa shape index (κ2) is 12.8. The van der Waals surface area contributed by atoms with Crippen LogP contribution in [0.15, 0.2) is 18.2 Å². The lowest BCUT2D eigenvalue weighted by Crippen LogP contribution is -2.37. The molecular weight excluding hydrogens is 342 g/mol. The summed E-state index contributed by atoms with van der Waals surface area (Å²) in [5.74, 6) is 0. The van der Waals surface area contributed by atoms with Crippen molar-refractivity contribution in [1.29, 1.82) is 0 Å². The molecule has 1 heterocycles. The molecule has 134 valence electrons. The van der Waals surface area contributed by atoms with Crippen LogP contribution in [-0.4, -0.2) is 55.5 Å². The summed E-state index contributed by atoms with van der Waals surface area (Å²) >= 11 is 10.0. The minimum absolute atomic E-state index is 0.660. The monoisotopic (exact) mass is 369 g/mol. The highest BCUT2D eigenvalue weighted by atomic mass is 32.1. The Labute approximate surface area is 154 Å². The molecule has 0 aliphatic heterocycles. The van der Waals surface area contributed by atoms with E-state index >= 15 is 0 Å². The normalized spacial score (nSPS) is 10.1. The Morgan fingerprint density at radius 1 is 0.833 bits per heavy atom. The molecule has 24 heavy (non-hydrogen) atoms. The Hall–Kier alpha value is -1.55.